The summed E-state index contributed by atoms with van der Waals surface area (Å²) in [6, 6.07) is 7.57. The second-order valence-corrected chi connectivity index (χ2v) is 6.92. The van der Waals surface area contributed by atoms with Gasteiger partial charge in [0.1, 0.15) is 12.2 Å². The van der Waals surface area contributed by atoms with Crippen LogP contribution in [-0.4, -0.2) is 38.9 Å². The van der Waals surface area contributed by atoms with Gasteiger partial charge in [-0.2, -0.15) is 0 Å². The quantitative estimate of drug-likeness (QED) is 0.478. The molecule has 0 aliphatic heterocycles. The van der Waals surface area contributed by atoms with Gasteiger partial charge in [-0.25, -0.2) is 14.6 Å². The number of rotatable bonds is 5. The molecule has 1 amide bonds. The highest BCUT2D eigenvalue weighted by molar-refractivity contribution is 6.02. The van der Waals surface area contributed by atoms with Crippen LogP contribution in [-0.2, 0) is 23.1 Å². The van der Waals surface area contributed by atoms with Crippen LogP contribution in [0.25, 0.3) is 11.0 Å². The number of pyridine rings is 1. The van der Waals surface area contributed by atoms with E-state index < -0.39 is 29.7 Å². The van der Waals surface area contributed by atoms with Crippen molar-refractivity contribution in [3.63, 3.8) is 0 Å². The van der Waals surface area contributed by atoms with Crippen molar-refractivity contribution in [1.29, 1.82) is 0 Å². The highest BCUT2D eigenvalue weighted by Crippen LogP contribution is 2.15. The van der Waals surface area contributed by atoms with Crippen molar-refractivity contribution in [2.24, 2.45) is 7.05 Å². The predicted octanol–water partition coefficient (Wildman–Crippen LogP) is 1.03. The number of fused-ring (bicyclic) bond motifs is 1. The van der Waals surface area contributed by atoms with Crippen LogP contribution in [0.1, 0.15) is 33.3 Å². The van der Waals surface area contributed by atoms with Gasteiger partial charge in [0.05, 0.1) is 18.1 Å². The highest BCUT2D eigenvalue weighted by atomic mass is 16.5. The molecule has 10 nitrogen and oxygen atoms in total. The normalized spacial score (nSPS) is 10.7. The molecule has 0 radical (unpaired) electrons. The Kier molecular flexibility index (Phi) is 5.82. The SMILES string of the molecule is COC(=O)c1cc(C)nc2c1c(=O)n(CC(=O)Nc1ccc(C(C)=O)cc1)c(=O)n2C. The minimum absolute atomic E-state index is 0.0203. The third kappa shape index (κ3) is 4.13. The third-order valence-corrected chi connectivity index (χ3v) is 4.71. The first-order chi connectivity index (χ1) is 14.6. The first kappa shape index (κ1) is 21.6. The molecule has 0 unspecified atom stereocenters. The summed E-state index contributed by atoms with van der Waals surface area (Å²) in [4.78, 5) is 66.0. The van der Waals surface area contributed by atoms with E-state index in [9.17, 15) is 24.0 Å². The molecule has 0 aliphatic carbocycles. The maximum atomic E-state index is 13.0. The fraction of sp³-hybridized carbons (Fsp3) is 0.238. The topological polar surface area (TPSA) is 129 Å². The van der Waals surface area contributed by atoms with Crippen molar-refractivity contribution in [3.05, 3.63) is 68.0 Å². The number of carbonyl (C=O) groups excluding carboxylic acids is 3. The zero-order chi connectivity index (χ0) is 22.9. The molecule has 0 aliphatic rings. The van der Waals surface area contributed by atoms with E-state index in [1.807, 2.05) is 0 Å². The zero-order valence-corrected chi connectivity index (χ0v) is 17.4. The van der Waals surface area contributed by atoms with E-state index in [1.54, 1.807) is 19.1 Å². The number of aromatic nitrogens is 3. The number of benzene rings is 1. The number of amides is 1. The molecule has 0 saturated heterocycles. The van der Waals surface area contributed by atoms with Gasteiger partial charge in [-0.3, -0.25) is 23.5 Å². The van der Waals surface area contributed by atoms with Crippen molar-refractivity contribution < 1.29 is 19.1 Å². The Morgan fingerprint density at radius 3 is 2.35 bits per heavy atom. The highest BCUT2D eigenvalue weighted by Gasteiger charge is 2.21. The fourth-order valence-electron chi connectivity index (χ4n) is 3.15. The van der Waals surface area contributed by atoms with Crippen LogP contribution >= 0.6 is 0 Å². The van der Waals surface area contributed by atoms with Crippen LogP contribution in [0.3, 0.4) is 0 Å². The lowest BCUT2D eigenvalue weighted by Gasteiger charge is -2.13. The van der Waals surface area contributed by atoms with Gasteiger partial charge < -0.3 is 10.1 Å². The van der Waals surface area contributed by atoms with Crippen LogP contribution in [0.5, 0.6) is 0 Å². The maximum absolute atomic E-state index is 13.0. The van der Waals surface area contributed by atoms with Gasteiger partial charge in [0.25, 0.3) is 5.56 Å². The molecule has 0 fully saturated rings. The number of ketones is 1. The predicted molar refractivity (Wildman–Crippen MR) is 112 cm³/mol. The lowest BCUT2D eigenvalue weighted by molar-refractivity contribution is -0.116. The molecule has 0 spiro atoms. The molecule has 0 atom stereocenters. The van der Waals surface area contributed by atoms with Gasteiger partial charge >= 0.3 is 11.7 Å². The first-order valence-electron chi connectivity index (χ1n) is 9.24. The minimum Gasteiger partial charge on any atom is -0.465 e. The fourth-order valence-corrected chi connectivity index (χ4v) is 3.15. The van der Waals surface area contributed by atoms with Gasteiger partial charge in [0.2, 0.25) is 5.91 Å². The Morgan fingerprint density at radius 2 is 1.77 bits per heavy atom. The van der Waals surface area contributed by atoms with E-state index in [1.165, 1.54) is 39.3 Å². The Labute approximate surface area is 176 Å². The summed E-state index contributed by atoms with van der Waals surface area (Å²) in [7, 11) is 2.57. The lowest BCUT2D eigenvalue weighted by atomic mass is 10.1. The number of hydrogen-bond acceptors (Lipinski definition) is 7. The Balaban J connectivity index is 2.04. The summed E-state index contributed by atoms with van der Waals surface area (Å²) in [5, 5.41) is 2.46. The van der Waals surface area contributed by atoms with E-state index in [-0.39, 0.29) is 22.4 Å². The average Bonchev–Trinajstić information content (AvgIpc) is 2.74. The lowest BCUT2D eigenvalue weighted by Crippen LogP contribution is -2.42. The van der Waals surface area contributed by atoms with Crippen LogP contribution in [0.2, 0.25) is 0 Å². The second-order valence-electron chi connectivity index (χ2n) is 6.92. The molecule has 160 valence electrons. The zero-order valence-electron chi connectivity index (χ0n) is 17.4. The summed E-state index contributed by atoms with van der Waals surface area (Å²) in [5.41, 5.74) is -0.302. The number of nitrogens with one attached hydrogen (secondary N) is 1. The van der Waals surface area contributed by atoms with Gasteiger partial charge in [-0.1, -0.05) is 0 Å². The number of aryl methyl sites for hydroxylation is 2. The molecular formula is C21H20N4O6. The summed E-state index contributed by atoms with van der Waals surface area (Å²) < 4.78 is 6.57. The molecule has 1 N–H and O–H groups in total. The number of carbonyl (C=O) groups is 3. The Hall–Kier alpha value is -4.08. The van der Waals surface area contributed by atoms with Crippen LogP contribution in [0.4, 0.5) is 5.69 Å². The van der Waals surface area contributed by atoms with E-state index >= 15 is 0 Å². The number of hydrogen-bond donors (Lipinski definition) is 1. The van der Waals surface area contributed by atoms with Crippen molar-refractivity contribution in [1.82, 2.24) is 14.1 Å². The van der Waals surface area contributed by atoms with Gasteiger partial charge in [0.15, 0.2) is 5.78 Å². The molecular weight excluding hydrogens is 404 g/mol. The first-order valence-corrected chi connectivity index (χ1v) is 9.24. The van der Waals surface area contributed by atoms with Crippen LogP contribution < -0.4 is 16.6 Å². The number of nitrogens with zero attached hydrogens (tertiary/aromatic N) is 3. The minimum atomic E-state index is -0.826. The van der Waals surface area contributed by atoms with Gasteiger partial charge in [-0.15, -0.1) is 0 Å². The molecule has 0 saturated carbocycles. The molecule has 3 rings (SSSR count). The van der Waals surface area contributed by atoms with Crippen molar-refractivity contribution >= 4 is 34.4 Å². The summed E-state index contributed by atoms with van der Waals surface area (Å²) in [5.74, 6) is -1.50. The van der Waals surface area contributed by atoms with Crippen LogP contribution in [0.15, 0.2) is 39.9 Å². The van der Waals surface area contributed by atoms with Gasteiger partial charge in [0, 0.05) is 24.0 Å². The van der Waals surface area contributed by atoms with Gasteiger partial charge in [-0.05, 0) is 44.2 Å². The summed E-state index contributed by atoms with van der Waals surface area (Å²) in [6.45, 7) is 2.46. The number of Topliss-reactive ketones (excluding diaryl/α,β-unsaturated/α-hetero) is 1. The molecule has 3 aromatic rings. The van der Waals surface area contributed by atoms with Crippen molar-refractivity contribution in [2.75, 3.05) is 12.4 Å². The molecule has 2 aromatic heterocycles. The average molecular weight is 424 g/mol. The largest absolute Gasteiger partial charge is 0.465 e. The molecule has 0 bridgehead atoms. The van der Waals surface area contributed by atoms with E-state index in [2.05, 4.69) is 10.3 Å². The number of ether oxygens (including phenoxy) is 1. The summed E-state index contributed by atoms with van der Waals surface area (Å²) >= 11 is 0. The van der Waals surface area contributed by atoms with Crippen molar-refractivity contribution in [2.45, 2.75) is 20.4 Å². The van der Waals surface area contributed by atoms with E-state index in [0.29, 0.717) is 16.9 Å². The number of esters is 1. The van der Waals surface area contributed by atoms with E-state index in [0.717, 1.165) is 9.13 Å². The number of methoxy groups -OCH3 is 1. The molecule has 1 aromatic carbocycles. The monoisotopic (exact) mass is 424 g/mol. The maximum Gasteiger partial charge on any atom is 0.338 e. The molecule has 10 heteroatoms. The smallest absolute Gasteiger partial charge is 0.338 e. The Bertz CT molecular complexity index is 1340. The molecule has 31 heavy (non-hydrogen) atoms. The third-order valence-electron chi connectivity index (χ3n) is 4.71. The Morgan fingerprint density at radius 1 is 1.13 bits per heavy atom. The van der Waals surface area contributed by atoms with E-state index in [4.69, 9.17) is 4.74 Å². The standard InChI is InChI=1S/C21H20N4O6/c1-11-9-15(20(29)31-4)17-18(22-11)24(3)21(30)25(19(17)28)10-16(27)23-14-7-5-13(6-8-14)12(2)26/h5-9H,10H2,1-4H3,(H,23,27). The van der Waals surface area contributed by atoms with Crippen LogP contribution in [0, 0.1) is 6.92 Å². The molecule has 2 heterocycles. The summed E-state index contributed by atoms with van der Waals surface area (Å²) in [6.07, 6.45) is 0. The van der Waals surface area contributed by atoms with Crippen molar-refractivity contribution in [3.8, 4) is 0 Å². The second kappa shape index (κ2) is 8.34. The number of anilines is 1.